The van der Waals surface area contributed by atoms with Crippen LogP contribution in [-0.4, -0.2) is 54.5 Å². The molecule has 0 spiro atoms. The lowest BCUT2D eigenvalue weighted by atomic mass is 10.1. The molecule has 0 bridgehead atoms. The number of hydrogen-bond acceptors (Lipinski definition) is 3. The molecule has 19 heavy (non-hydrogen) atoms. The number of nitrogens with zero attached hydrogens (tertiary/aromatic N) is 2. The van der Waals surface area contributed by atoms with Crippen LogP contribution in [0, 0.1) is 5.92 Å². The molecule has 2 N–H and O–H groups in total. The molecule has 0 saturated heterocycles. The molecule has 1 unspecified atom stereocenters. The average molecular weight is 269 g/mol. The summed E-state index contributed by atoms with van der Waals surface area (Å²) in [6, 6.07) is -0.451. The summed E-state index contributed by atoms with van der Waals surface area (Å²) in [4.78, 5) is 16.5. The standard InChI is InChI=1S/C15H31N3O/c1-6-9-14(16)15(19)18(12-13(4)5)11-10-17(7-2)8-3/h6,13-14H,1,7-12,16H2,2-5H3. The summed E-state index contributed by atoms with van der Waals surface area (Å²) in [6.45, 7) is 16.6. The van der Waals surface area contributed by atoms with Gasteiger partial charge in [0.25, 0.3) is 0 Å². The van der Waals surface area contributed by atoms with Crippen LogP contribution in [0.25, 0.3) is 0 Å². The molecule has 1 amide bonds. The summed E-state index contributed by atoms with van der Waals surface area (Å²) < 4.78 is 0. The van der Waals surface area contributed by atoms with Crippen LogP contribution >= 0.6 is 0 Å². The molecule has 0 aromatic carbocycles. The van der Waals surface area contributed by atoms with Gasteiger partial charge in [0.2, 0.25) is 5.91 Å². The second-order valence-corrected chi connectivity index (χ2v) is 5.34. The number of rotatable bonds is 10. The Balaban J connectivity index is 4.52. The molecule has 0 fully saturated rings. The Morgan fingerprint density at radius 1 is 1.26 bits per heavy atom. The van der Waals surface area contributed by atoms with Crippen molar-refractivity contribution in [1.82, 2.24) is 9.80 Å². The molecule has 1 atom stereocenters. The van der Waals surface area contributed by atoms with Crippen molar-refractivity contribution in [3.63, 3.8) is 0 Å². The van der Waals surface area contributed by atoms with Gasteiger partial charge in [0.05, 0.1) is 6.04 Å². The van der Waals surface area contributed by atoms with Crippen LogP contribution in [0.15, 0.2) is 12.7 Å². The van der Waals surface area contributed by atoms with Gasteiger partial charge in [-0.05, 0) is 25.4 Å². The van der Waals surface area contributed by atoms with Crippen LogP contribution in [0.5, 0.6) is 0 Å². The van der Waals surface area contributed by atoms with E-state index in [1.54, 1.807) is 6.08 Å². The first kappa shape index (κ1) is 18.1. The lowest BCUT2D eigenvalue weighted by Gasteiger charge is -2.29. The Hall–Kier alpha value is -0.870. The van der Waals surface area contributed by atoms with Gasteiger partial charge in [0, 0.05) is 19.6 Å². The molecule has 0 aromatic rings. The van der Waals surface area contributed by atoms with Gasteiger partial charge in [-0.1, -0.05) is 33.8 Å². The zero-order chi connectivity index (χ0) is 14.8. The predicted octanol–water partition coefficient (Wildman–Crippen LogP) is 1.72. The molecule has 112 valence electrons. The van der Waals surface area contributed by atoms with Gasteiger partial charge < -0.3 is 15.5 Å². The third-order valence-corrected chi connectivity index (χ3v) is 3.22. The van der Waals surface area contributed by atoms with Crippen molar-refractivity contribution in [1.29, 1.82) is 0 Å². The Morgan fingerprint density at radius 3 is 2.26 bits per heavy atom. The Bertz CT molecular complexity index is 262. The third kappa shape index (κ3) is 7.33. The maximum Gasteiger partial charge on any atom is 0.239 e. The van der Waals surface area contributed by atoms with E-state index in [4.69, 9.17) is 5.73 Å². The van der Waals surface area contributed by atoms with E-state index in [1.807, 2.05) is 4.90 Å². The fourth-order valence-corrected chi connectivity index (χ4v) is 2.05. The van der Waals surface area contributed by atoms with Gasteiger partial charge >= 0.3 is 0 Å². The number of amides is 1. The van der Waals surface area contributed by atoms with Gasteiger partial charge in [-0.3, -0.25) is 4.79 Å². The van der Waals surface area contributed by atoms with Gasteiger partial charge in [-0.2, -0.15) is 0 Å². The first-order chi connectivity index (χ1) is 8.96. The van der Waals surface area contributed by atoms with Crippen LogP contribution in [0.4, 0.5) is 0 Å². The highest BCUT2D eigenvalue weighted by atomic mass is 16.2. The normalized spacial score (nSPS) is 12.8. The largest absolute Gasteiger partial charge is 0.340 e. The smallest absolute Gasteiger partial charge is 0.239 e. The number of carbonyl (C=O) groups excluding carboxylic acids is 1. The minimum absolute atomic E-state index is 0.0424. The first-order valence-electron chi connectivity index (χ1n) is 7.33. The molecule has 0 saturated carbocycles. The molecule has 4 nitrogen and oxygen atoms in total. The fourth-order valence-electron chi connectivity index (χ4n) is 2.05. The molecule has 0 aliphatic rings. The summed E-state index contributed by atoms with van der Waals surface area (Å²) in [5.74, 6) is 0.498. The van der Waals surface area contributed by atoms with Crippen molar-refractivity contribution in [2.45, 2.75) is 40.2 Å². The molecule has 0 rings (SSSR count). The third-order valence-electron chi connectivity index (χ3n) is 3.22. The molecular weight excluding hydrogens is 238 g/mol. The van der Waals surface area contributed by atoms with Crippen molar-refractivity contribution in [2.75, 3.05) is 32.7 Å². The summed E-state index contributed by atoms with van der Waals surface area (Å²) in [5, 5.41) is 0. The van der Waals surface area contributed by atoms with Crippen LogP contribution < -0.4 is 5.73 Å². The lowest BCUT2D eigenvalue weighted by molar-refractivity contribution is -0.133. The first-order valence-corrected chi connectivity index (χ1v) is 7.33. The van der Waals surface area contributed by atoms with Crippen molar-refractivity contribution >= 4 is 5.91 Å². The second kappa shape index (κ2) is 9.98. The molecule has 0 heterocycles. The quantitative estimate of drug-likeness (QED) is 0.614. The zero-order valence-corrected chi connectivity index (χ0v) is 13.1. The maximum absolute atomic E-state index is 12.3. The lowest BCUT2D eigenvalue weighted by Crippen LogP contribution is -2.47. The number of likely N-dealkylation sites (N-methyl/N-ethyl adjacent to an activating group) is 1. The fraction of sp³-hybridized carbons (Fsp3) is 0.800. The average Bonchev–Trinajstić information content (AvgIpc) is 2.37. The molecule has 0 radical (unpaired) electrons. The number of nitrogens with two attached hydrogens (primary N) is 1. The van der Waals surface area contributed by atoms with Crippen molar-refractivity contribution in [3.05, 3.63) is 12.7 Å². The van der Waals surface area contributed by atoms with Gasteiger partial charge in [0.15, 0.2) is 0 Å². The summed E-state index contributed by atoms with van der Waals surface area (Å²) in [5.41, 5.74) is 5.90. The van der Waals surface area contributed by atoms with E-state index in [0.717, 1.165) is 32.7 Å². The van der Waals surface area contributed by atoms with E-state index in [9.17, 15) is 4.79 Å². The molecule has 0 aromatic heterocycles. The predicted molar refractivity (Wildman–Crippen MR) is 82.0 cm³/mol. The highest BCUT2D eigenvalue weighted by Gasteiger charge is 2.20. The van der Waals surface area contributed by atoms with Crippen LogP contribution in [0.3, 0.4) is 0 Å². The summed E-state index contributed by atoms with van der Waals surface area (Å²) in [7, 11) is 0. The van der Waals surface area contributed by atoms with E-state index in [1.165, 1.54) is 0 Å². The van der Waals surface area contributed by atoms with Crippen molar-refractivity contribution in [2.24, 2.45) is 11.7 Å². The second-order valence-electron chi connectivity index (χ2n) is 5.34. The summed E-state index contributed by atoms with van der Waals surface area (Å²) in [6.07, 6.45) is 2.25. The van der Waals surface area contributed by atoms with E-state index >= 15 is 0 Å². The SMILES string of the molecule is C=CCC(N)C(=O)N(CCN(CC)CC)CC(C)C. The van der Waals surface area contributed by atoms with Gasteiger partial charge in [-0.15, -0.1) is 6.58 Å². The van der Waals surface area contributed by atoms with Gasteiger partial charge in [-0.25, -0.2) is 0 Å². The van der Waals surface area contributed by atoms with Crippen LogP contribution in [0.2, 0.25) is 0 Å². The van der Waals surface area contributed by atoms with E-state index in [0.29, 0.717) is 12.3 Å². The van der Waals surface area contributed by atoms with Gasteiger partial charge in [0.1, 0.15) is 0 Å². The topological polar surface area (TPSA) is 49.6 Å². The van der Waals surface area contributed by atoms with Crippen LogP contribution in [0.1, 0.15) is 34.1 Å². The van der Waals surface area contributed by atoms with E-state index in [-0.39, 0.29) is 5.91 Å². The Morgan fingerprint density at radius 2 is 1.84 bits per heavy atom. The van der Waals surface area contributed by atoms with Crippen molar-refractivity contribution in [3.8, 4) is 0 Å². The highest BCUT2D eigenvalue weighted by Crippen LogP contribution is 2.04. The number of hydrogen-bond donors (Lipinski definition) is 1. The summed E-state index contributed by atoms with van der Waals surface area (Å²) >= 11 is 0. The zero-order valence-electron chi connectivity index (χ0n) is 13.1. The molecule has 4 heteroatoms. The van der Waals surface area contributed by atoms with Crippen LogP contribution in [-0.2, 0) is 4.79 Å². The number of carbonyl (C=O) groups is 1. The minimum Gasteiger partial charge on any atom is -0.340 e. The Labute approximate surface area is 118 Å². The monoisotopic (exact) mass is 269 g/mol. The minimum atomic E-state index is -0.451. The van der Waals surface area contributed by atoms with E-state index < -0.39 is 6.04 Å². The van der Waals surface area contributed by atoms with Crippen molar-refractivity contribution < 1.29 is 4.79 Å². The Kier molecular flexibility index (Phi) is 9.53. The highest BCUT2D eigenvalue weighted by molar-refractivity contribution is 5.81. The van der Waals surface area contributed by atoms with E-state index in [2.05, 4.69) is 39.2 Å². The molecular formula is C15H31N3O. The molecule has 0 aliphatic carbocycles. The molecule has 0 aliphatic heterocycles. The maximum atomic E-state index is 12.3.